The molecule has 0 unspecified atom stereocenters. The van der Waals surface area contributed by atoms with E-state index in [1.54, 1.807) is 0 Å². The first-order valence-electron chi connectivity index (χ1n) is 27.6. The third kappa shape index (κ3) is 8.83. The van der Waals surface area contributed by atoms with Crippen molar-refractivity contribution in [1.82, 2.24) is 0 Å². The number of aliphatic hydroxyl groups is 12. The summed E-state index contributed by atoms with van der Waals surface area (Å²) in [7, 11) is 0. The van der Waals surface area contributed by atoms with Gasteiger partial charge in [-0.3, -0.25) is 4.79 Å². The molecule has 6 heterocycles. The Kier molecular flexibility index (Phi) is 15.7. The van der Waals surface area contributed by atoms with Crippen molar-refractivity contribution in [3.63, 3.8) is 0 Å². The number of allylic oxidation sites excluding steroid dienone is 2. The highest BCUT2D eigenvalue weighted by Crippen LogP contribution is 2.76. The summed E-state index contributed by atoms with van der Waals surface area (Å²) in [5.74, 6) is -1.15. The number of ether oxygens (including phenoxy) is 10. The first-order chi connectivity index (χ1) is 35.7. The van der Waals surface area contributed by atoms with Gasteiger partial charge in [-0.05, 0) is 81.0 Å². The van der Waals surface area contributed by atoms with E-state index in [0.29, 0.717) is 25.7 Å². The number of rotatable bonds is 11. The molecular weight excluding hydrogens is 1000 g/mol. The molecule has 6 aliphatic heterocycles. The summed E-state index contributed by atoms with van der Waals surface area (Å²) >= 11 is 0. The zero-order chi connectivity index (χ0) is 55.0. The fourth-order valence-electron chi connectivity index (χ4n) is 16.4. The molecule has 4 aliphatic carbocycles. The average Bonchev–Trinajstić information content (AvgIpc) is 4.10. The Morgan fingerprint density at radius 3 is 1.93 bits per heavy atom. The average molecular weight is 1090 g/mol. The molecule has 0 amide bonds. The molecule has 6 saturated heterocycles. The van der Waals surface area contributed by atoms with E-state index in [9.17, 15) is 66.1 Å². The summed E-state index contributed by atoms with van der Waals surface area (Å²) in [6.45, 7) is 12.5. The molecule has 0 aromatic carbocycles. The lowest BCUT2D eigenvalue weighted by molar-refractivity contribution is -0.390. The lowest BCUT2D eigenvalue weighted by Crippen LogP contribution is -2.66. The number of hydrogen-bond acceptors (Lipinski definition) is 23. The smallest absolute Gasteiger partial charge is 0.311 e. The number of fused-ring (bicyclic) bond motifs is 5. The second kappa shape index (κ2) is 20.7. The molecule has 0 radical (unpaired) electrons. The first kappa shape index (κ1) is 57.6. The number of carbonyl (C=O) groups is 1. The van der Waals surface area contributed by atoms with Crippen molar-refractivity contribution in [1.29, 1.82) is 0 Å². The second-order valence-electron chi connectivity index (χ2n) is 25.2. The van der Waals surface area contributed by atoms with E-state index in [4.69, 9.17) is 47.4 Å². The molecule has 0 aromatic rings. The minimum atomic E-state index is -1.91. The fourth-order valence-corrected chi connectivity index (χ4v) is 16.4. The van der Waals surface area contributed by atoms with Crippen LogP contribution in [0.15, 0.2) is 11.1 Å². The van der Waals surface area contributed by atoms with Gasteiger partial charge >= 0.3 is 5.97 Å². The van der Waals surface area contributed by atoms with Gasteiger partial charge in [-0.15, -0.1) is 0 Å². The summed E-state index contributed by atoms with van der Waals surface area (Å²) in [5, 5.41) is 131. The molecule has 2 spiro atoms. The predicted molar refractivity (Wildman–Crippen MR) is 256 cm³/mol. The van der Waals surface area contributed by atoms with E-state index in [-0.39, 0.29) is 46.6 Å². The van der Waals surface area contributed by atoms with Gasteiger partial charge in [0.1, 0.15) is 85.5 Å². The highest BCUT2D eigenvalue weighted by atomic mass is 16.8. The van der Waals surface area contributed by atoms with Gasteiger partial charge < -0.3 is 109 Å². The number of aliphatic hydroxyl groups excluding tert-OH is 12. The topological polar surface area (TPSA) is 352 Å². The van der Waals surface area contributed by atoms with E-state index >= 15 is 0 Å². The summed E-state index contributed by atoms with van der Waals surface area (Å²) in [6.07, 6.45) is -24.6. The largest absolute Gasteiger partial charge is 0.433 e. The van der Waals surface area contributed by atoms with Crippen LogP contribution in [-0.2, 0) is 52.2 Å². The maximum absolute atomic E-state index is 12.7. The zero-order valence-electron chi connectivity index (χ0n) is 44.5. The Hall–Kier alpha value is -1.63. The van der Waals surface area contributed by atoms with Crippen LogP contribution in [0.5, 0.6) is 0 Å². The van der Waals surface area contributed by atoms with Crippen LogP contribution in [0, 0.1) is 39.4 Å². The summed E-state index contributed by atoms with van der Waals surface area (Å²) in [4.78, 5) is 12.7. The molecule has 2 saturated carbocycles. The molecule has 12 N–H and O–H groups in total. The van der Waals surface area contributed by atoms with Gasteiger partial charge in [0.25, 0.3) is 0 Å². The second-order valence-corrected chi connectivity index (χ2v) is 25.2. The molecule has 76 heavy (non-hydrogen) atoms. The van der Waals surface area contributed by atoms with Gasteiger partial charge in [0.2, 0.25) is 5.79 Å². The van der Waals surface area contributed by atoms with Crippen LogP contribution in [0.2, 0.25) is 0 Å². The summed E-state index contributed by atoms with van der Waals surface area (Å²) in [6, 6.07) is 0. The van der Waals surface area contributed by atoms with Crippen molar-refractivity contribution in [2.24, 2.45) is 39.4 Å². The molecule has 23 nitrogen and oxygen atoms in total. The maximum atomic E-state index is 12.7. The number of esters is 1. The van der Waals surface area contributed by atoms with Crippen molar-refractivity contribution in [3.8, 4) is 0 Å². The lowest BCUT2D eigenvalue weighted by atomic mass is 9.42. The molecule has 29 atom stereocenters. The molecule has 434 valence electrons. The van der Waals surface area contributed by atoms with Gasteiger partial charge in [0.15, 0.2) is 25.2 Å². The Labute approximate surface area is 442 Å². The Morgan fingerprint density at radius 1 is 0.618 bits per heavy atom. The molecule has 0 aromatic heterocycles. The summed E-state index contributed by atoms with van der Waals surface area (Å²) in [5.41, 5.74) is 0.919. The summed E-state index contributed by atoms with van der Waals surface area (Å²) < 4.78 is 61.0. The normalized spacial score (nSPS) is 56.4. The maximum Gasteiger partial charge on any atom is 0.311 e. The highest BCUT2D eigenvalue weighted by molar-refractivity contribution is 5.74. The van der Waals surface area contributed by atoms with E-state index in [0.717, 1.165) is 38.5 Å². The molecule has 10 rings (SSSR count). The minimum absolute atomic E-state index is 0.0499. The standard InChI is InChI=1S/C53H84O23/c1-22-16-52(75-43(22)66)17-23(2)53(76-52)15-14-50(6)26-8-9-30-48(4,25(26)10-13-51(50,53)7)12-11-31(49(30,5)21-55)72-45-40(65)37(62)35(60)29(71-45)20-68-46-41(33(58)27(56)19-67-46)74-47-42(38(63)34(59)28(18-54)70-47)73-44-39(64)36(61)32(57)24(3)69-44/h22-24,27-42,44-47,54-65H,8-21H2,1-7H3/t22-,23-,24+,27+,28-,29-,30-,31+,32+,33+,34-,35-,36-,37+,38+,39-,40-,41-,42-,44+,45+,46+,47+,48-,49-,50+,51+,52+,53+/m1/s1. The molecule has 23 heteroatoms. The van der Waals surface area contributed by atoms with Crippen LogP contribution in [0.25, 0.3) is 0 Å². The van der Waals surface area contributed by atoms with Gasteiger partial charge in [-0.1, -0.05) is 52.7 Å². The molecule has 8 fully saturated rings. The third-order valence-electron chi connectivity index (χ3n) is 21.1. The van der Waals surface area contributed by atoms with Crippen molar-refractivity contribution in [2.75, 3.05) is 26.4 Å². The molecule has 10 aliphatic rings. The van der Waals surface area contributed by atoms with Gasteiger partial charge in [-0.2, -0.15) is 0 Å². The predicted octanol–water partition coefficient (Wildman–Crippen LogP) is -1.51. The van der Waals surface area contributed by atoms with E-state index in [1.807, 2.05) is 13.8 Å². The van der Waals surface area contributed by atoms with Crippen molar-refractivity contribution in [2.45, 2.75) is 247 Å². The minimum Gasteiger partial charge on any atom is -0.433 e. The lowest BCUT2D eigenvalue weighted by Gasteiger charge is -2.63. The van der Waals surface area contributed by atoms with Gasteiger partial charge in [-0.25, -0.2) is 0 Å². The van der Waals surface area contributed by atoms with Crippen LogP contribution >= 0.6 is 0 Å². The fraction of sp³-hybridized carbons (Fsp3) is 0.943. The Balaban J connectivity index is 0.830. The van der Waals surface area contributed by atoms with Gasteiger partial charge in [0.05, 0.1) is 50.2 Å². The molecule has 0 bridgehead atoms. The zero-order valence-corrected chi connectivity index (χ0v) is 44.5. The van der Waals surface area contributed by atoms with Crippen LogP contribution in [0.4, 0.5) is 0 Å². The van der Waals surface area contributed by atoms with Gasteiger partial charge in [0, 0.05) is 23.7 Å². The monoisotopic (exact) mass is 1090 g/mol. The highest BCUT2D eigenvalue weighted by Gasteiger charge is 2.75. The molecular formula is C53H84O23. The Morgan fingerprint density at radius 2 is 1.26 bits per heavy atom. The Bertz CT molecular complexity index is 2150. The van der Waals surface area contributed by atoms with E-state index in [1.165, 1.54) is 18.1 Å². The van der Waals surface area contributed by atoms with Crippen molar-refractivity contribution < 1.29 is 113 Å². The quantitative estimate of drug-likeness (QED) is 0.0827. The van der Waals surface area contributed by atoms with E-state index in [2.05, 4.69) is 27.7 Å². The van der Waals surface area contributed by atoms with Crippen molar-refractivity contribution in [3.05, 3.63) is 11.1 Å². The van der Waals surface area contributed by atoms with E-state index < -0.39 is 159 Å². The van der Waals surface area contributed by atoms with Crippen LogP contribution in [0.1, 0.15) is 113 Å². The SMILES string of the molecule is C[C@@H]1C[C@]2(C[C@@H](C)[C@]3(CC[C@@]4(C)C5=C(CC[C@@]43C)[C@@]3(C)CC[C@H](O[C@@H]4O[C@H](CO[C@@H]6OC[C@H](O)[C@H](O)[C@H]6O[C@@H]6O[C@H](CO)[C@@H](O)[C@H](O)[C@H]6O[C@@H]6O[C@@H](C)[C@H](O)[C@@H](O)[C@H]6O)[C@@H](O)[C@H](O)[C@H]4O)[C@](C)(CO)[C@@H]3CC5)O2)OC1=O. The first-order valence-corrected chi connectivity index (χ1v) is 27.6. The van der Waals surface area contributed by atoms with Crippen LogP contribution in [-0.4, -0.2) is 228 Å². The number of hydrogen-bond donors (Lipinski definition) is 12. The van der Waals surface area contributed by atoms with Crippen LogP contribution in [0.3, 0.4) is 0 Å². The van der Waals surface area contributed by atoms with Crippen LogP contribution < -0.4 is 0 Å². The van der Waals surface area contributed by atoms with Crippen molar-refractivity contribution >= 4 is 5.97 Å². The third-order valence-corrected chi connectivity index (χ3v) is 21.1. The number of carbonyl (C=O) groups excluding carboxylic acids is 1.